The minimum Gasteiger partial charge on any atom is -0.463 e. The number of aryl methyl sites for hydroxylation is 2. The Bertz CT molecular complexity index is 1300. The summed E-state index contributed by atoms with van der Waals surface area (Å²) in [5.41, 5.74) is 3.20. The van der Waals surface area contributed by atoms with Crippen LogP contribution in [-0.2, 0) is 17.9 Å². The standard InChI is InChI=1S/C24H27N5O3/c1-18-25-28(24(31)21-16-22-20(29(18)21)9-15-32-22)10-5-8-23(30)27-13-11-26(12-14-27)17-19-6-3-2-4-7-19/h2-4,6-7,9,15-16H,5,8,10-14,17H2,1H3. The molecule has 0 unspecified atom stereocenters. The molecule has 0 atom stereocenters. The molecule has 0 spiro atoms. The molecule has 1 fully saturated rings. The number of carbonyl (C=O) groups is 1. The summed E-state index contributed by atoms with van der Waals surface area (Å²) >= 11 is 0. The first-order valence-corrected chi connectivity index (χ1v) is 11.1. The van der Waals surface area contributed by atoms with Crippen molar-refractivity contribution in [3.63, 3.8) is 0 Å². The number of piperazine rings is 1. The van der Waals surface area contributed by atoms with Gasteiger partial charge in [0.2, 0.25) is 5.91 Å². The van der Waals surface area contributed by atoms with Gasteiger partial charge >= 0.3 is 0 Å². The van der Waals surface area contributed by atoms with E-state index in [1.165, 1.54) is 10.2 Å². The Morgan fingerprint density at radius 1 is 1.06 bits per heavy atom. The number of rotatable bonds is 6. The average Bonchev–Trinajstić information content (AvgIpc) is 3.40. The molecule has 1 amide bonds. The molecule has 1 aliphatic heterocycles. The number of aromatic nitrogens is 3. The van der Waals surface area contributed by atoms with Gasteiger partial charge in [-0.3, -0.25) is 18.9 Å². The van der Waals surface area contributed by atoms with Gasteiger partial charge in [0.1, 0.15) is 11.3 Å². The molecule has 1 aromatic carbocycles. The summed E-state index contributed by atoms with van der Waals surface area (Å²) in [5.74, 6) is 0.868. The predicted octanol–water partition coefficient (Wildman–Crippen LogP) is 2.68. The number of benzene rings is 1. The second kappa shape index (κ2) is 8.63. The SMILES string of the molecule is Cc1nn(CCCC(=O)N2CCN(Cc3ccccc3)CC2)c(=O)c2cc3occc3n12. The fourth-order valence-electron chi connectivity index (χ4n) is 4.52. The van der Waals surface area contributed by atoms with E-state index in [-0.39, 0.29) is 11.5 Å². The summed E-state index contributed by atoms with van der Waals surface area (Å²) in [5, 5.41) is 4.46. The molecule has 0 aliphatic carbocycles. The number of amides is 1. The van der Waals surface area contributed by atoms with Gasteiger partial charge in [0.15, 0.2) is 5.58 Å². The van der Waals surface area contributed by atoms with E-state index in [4.69, 9.17) is 4.42 Å². The second-order valence-electron chi connectivity index (χ2n) is 8.36. The normalized spacial score (nSPS) is 15.1. The van der Waals surface area contributed by atoms with Gasteiger partial charge in [0.25, 0.3) is 5.56 Å². The van der Waals surface area contributed by atoms with Gasteiger partial charge in [0, 0.05) is 57.8 Å². The zero-order valence-corrected chi connectivity index (χ0v) is 18.2. The molecule has 4 aromatic rings. The molecule has 8 nitrogen and oxygen atoms in total. The van der Waals surface area contributed by atoms with Crippen LogP contribution in [0.1, 0.15) is 24.2 Å². The molecule has 0 radical (unpaired) electrons. The highest BCUT2D eigenvalue weighted by atomic mass is 16.3. The molecular formula is C24H27N5O3. The van der Waals surface area contributed by atoms with Crippen LogP contribution >= 0.6 is 0 Å². The lowest BCUT2D eigenvalue weighted by molar-refractivity contribution is -0.133. The van der Waals surface area contributed by atoms with Gasteiger partial charge < -0.3 is 9.32 Å². The minimum absolute atomic E-state index is 0.149. The smallest absolute Gasteiger partial charge is 0.291 e. The minimum atomic E-state index is -0.163. The average molecular weight is 434 g/mol. The van der Waals surface area contributed by atoms with Crippen molar-refractivity contribution >= 4 is 22.5 Å². The molecule has 0 saturated carbocycles. The van der Waals surface area contributed by atoms with Crippen LogP contribution in [0.25, 0.3) is 16.6 Å². The summed E-state index contributed by atoms with van der Waals surface area (Å²) in [4.78, 5) is 29.9. The van der Waals surface area contributed by atoms with E-state index in [2.05, 4.69) is 34.3 Å². The van der Waals surface area contributed by atoms with Crippen molar-refractivity contribution in [2.75, 3.05) is 26.2 Å². The van der Waals surface area contributed by atoms with Gasteiger partial charge in [0.05, 0.1) is 11.8 Å². The zero-order chi connectivity index (χ0) is 22.1. The number of fused-ring (bicyclic) bond motifs is 3. The van der Waals surface area contributed by atoms with Crippen molar-refractivity contribution in [3.8, 4) is 0 Å². The number of hydrogen-bond donors (Lipinski definition) is 0. The molecule has 5 rings (SSSR count). The molecule has 0 N–H and O–H groups in total. The van der Waals surface area contributed by atoms with Crippen LogP contribution < -0.4 is 5.56 Å². The third kappa shape index (κ3) is 3.93. The van der Waals surface area contributed by atoms with Gasteiger partial charge in [-0.05, 0) is 18.9 Å². The summed E-state index contributed by atoms with van der Waals surface area (Å²) < 4.78 is 8.71. The van der Waals surface area contributed by atoms with Crippen molar-refractivity contribution in [3.05, 3.63) is 70.5 Å². The maximum absolute atomic E-state index is 12.8. The van der Waals surface area contributed by atoms with Crippen molar-refractivity contribution in [1.29, 1.82) is 0 Å². The largest absolute Gasteiger partial charge is 0.463 e. The summed E-state index contributed by atoms with van der Waals surface area (Å²) in [6.07, 6.45) is 2.61. The fraction of sp³-hybridized carbons (Fsp3) is 0.375. The van der Waals surface area contributed by atoms with E-state index in [1.54, 1.807) is 12.3 Å². The van der Waals surface area contributed by atoms with Crippen LogP contribution in [0.15, 0.2) is 57.9 Å². The first-order chi connectivity index (χ1) is 15.6. The van der Waals surface area contributed by atoms with Crippen LogP contribution in [0.3, 0.4) is 0 Å². The van der Waals surface area contributed by atoms with E-state index >= 15 is 0 Å². The molecule has 32 heavy (non-hydrogen) atoms. The Hall–Kier alpha value is -3.39. The highest BCUT2D eigenvalue weighted by Gasteiger charge is 2.21. The van der Waals surface area contributed by atoms with Gasteiger partial charge in [-0.15, -0.1) is 0 Å². The van der Waals surface area contributed by atoms with Crippen molar-refractivity contribution < 1.29 is 9.21 Å². The number of nitrogens with zero attached hydrogens (tertiary/aromatic N) is 5. The monoisotopic (exact) mass is 433 g/mol. The van der Waals surface area contributed by atoms with Gasteiger partial charge in [-0.2, -0.15) is 5.10 Å². The van der Waals surface area contributed by atoms with E-state index in [1.807, 2.05) is 28.4 Å². The molecule has 0 bridgehead atoms. The Balaban J connectivity index is 1.16. The number of carbonyl (C=O) groups excluding carboxylic acids is 1. The molecule has 1 aliphatic rings. The van der Waals surface area contributed by atoms with Crippen molar-refractivity contribution in [2.24, 2.45) is 0 Å². The second-order valence-corrected chi connectivity index (χ2v) is 8.36. The van der Waals surface area contributed by atoms with Gasteiger partial charge in [-0.1, -0.05) is 30.3 Å². The molecule has 166 valence electrons. The van der Waals surface area contributed by atoms with Crippen LogP contribution in [0.4, 0.5) is 0 Å². The number of furan rings is 1. The van der Waals surface area contributed by atoms with Crippen LogP contribution in [0.5, 0.6) is 0 Å². The van der Waals surface area contributed by atoms with Crippen molar-refractivity contribution in [2.45, 2.75) is 32.9 Å². The van der Waals surface area contributed by atoms with Gasteiger partial charge in [-0.25, -0.2) is 4.68 Å². The number of hydrogen-bond acceptors (Lipinski definition) is 5. The molecule has 1 saturated heterocycles. The molecule has 3 aromatic heterocycles. The Labute approximate surface area is 185 Å². The van der Waals surface area contributed by atoms with E-state index in [9.17, 15) is 9.59 Å². The Morgan fingerprint density at radius 2 is 1.84 bits per heavy atom. The Kier molecular flexibility index (Phi) is 5.53. The molecular weight excluding hydrogens is 406 g/mol. The highest BCUT2D eigenvalue weighted by molar-refractivity contribution is 5.82. The van der Waals surface area contributed by atoms with Crippen LogP contribution in [0, 0.1) is 6.92 Å². The quantitative estimate of drug-likeness (QED) is 0.467. The maximum atomic E-state index is 12.8. The van der Waals surface area contributed by atoms with Crippen molar-refractivity contribution in [1.82, 2.24) is 24.0 Å². The molecule has 4 heterocycles. The summed E-state index contributed by atoms with van der Waals surface area (Å²) in [6.45, 7) is 6.47. The lowest BCUT2D eigenvalue weighted by Gasteiger charge is -2.34. The zero-order valence-electron chi connectivity index (χ0n) is 18.2. The van der Waals surface area contributed by atoms with Crippen LogP contribution in [0.2, 0.25) is 0 Å². The van der Waals surface area contributed by atoms with E-state index in [0.717, 1.165) is 44.1 Å². The molecule has 8 heteroatoms. The Morgan fingerprint density at radius 3 is 2.62 bits per heavy atom. The van der Waals surface area contributed by atoms with Crippen LogP contribution in [-0.4, -0.2) is 56.1 Å². The third-order valence-corrected chi connectivity index (χ3v) is 6.20. The third-order valence-electron chi connectivity index (χ3n) is 6.20. The predicted molar refractivity (Wildman–Crippen MR) is 121 cm³/mol. The first-order valence-electron chi connectivity index (χ1n) is 11.1. The topological polar surface area (TPSA) is 76.0 Å². The highest BCUT2D eigenvalue weighted by Crippen LogP contribution is 2.20. The lowest BCUT2D eigenvalue weighted by atomic mass is 10.2. The fourth-order valence-corrected chi connectivity index (χ4v) is 4.52. The first kappa shape index (κ1) is 20.5. The lowest BCUT2D eigenvalue weighted by Crippen LogP contribution is -2.48. The maximum Gasteiger partial charge on any atom is 0.291 e. The summed E-state index contributed by atoms with van der Waals surface area (Å²) in [6, 6.07) is 14.0. The van der Waals surface area contributed by atoms with E-state index < -0.39 is 0 Å². The summed E-state index contributed by atoms with van der Waals surface area (Å²) in [7, 11) is 0. The van der Waals surface area contributed by atoms with E-state index in [0.29, 0.717) is 30.5 Å².